The summed E-state index contributed by atoms with van der Waals surface area (Å²) >= 11 is 7.29. The number of nitrogens with one attached hydrogen (secondary N) is 1. The molecule has 20 heavy (non-hydrogen) atoms. The molecule has 0 aliphatic heterocycles. The number of amides is 1. The minimum atomic E-state index is -0.447. The Morgan fingerprint density at radius 3 is 2.70 bits per heavy atom. The van der Waals surface area contributed by atoms with Gasteiger partial charge in [0, 0.05) is 16.9 Å². The van der Waals surface area contributed by atoms with E-state index in [4.69, 9.17) is 16.9 Å². The number of thiocyanates is 1. The largest absolute Gasteiger partial charge is 0.352 e. The predicted molar refractivity (Wildman–Crippen MR) is 84.3 cm³/mol. The molecule has 0 aromatic heterocycles. The first kappa shape index (κ1) is 16.6. The van der Waals surface area contributed by atoms with Crippen LogP contribution in [0.5, 0.6) is 0 Å². The van der Waals surface area contributed by atoms with Gasteiger partial charge in [0.05, 0.1) is 5.02 Å². The second-order valence-corrected chi connectivity index (χ2v) is 6.46. The smallest absolute Gasteiger partial charge is 0.225 e. The summed E-state index contributed by atoms with van der Waals surface area (Å²) in [6.07, 6.45) is 1.66. The highest BCUT2D eigenvalue weighted by atomic mass is 35.5. The maximum atomic E-state index is 11.9. The number of halogens is 1. The Morgan fingerprint density at radius 1 is 1.55 bits per heavy atom. The van der Waals surface area contributed by atoms with E-state index in [0.717, 1.165) is 22.9 Å². The average molecular weight is 309 g/mol. The molecule has 0 aliphatic carbocycles. The number of thioether (sulfide) groups is 1. The van der Waals surface area contributed by atoms with Crippen LogP contribution in [-0.4, -0.2) is 5.91 Å². The van der Waals surface area contributed by atoms with Gasteiger partial charge in [-0.2, -0.15) is 5.26 Å². The third kappa shape index (κ3) is 4.03. The van der Waals surface area contributed by atoms with Crippen LogP contribution in [0.1, 0.15) is 31.9 Å². The SMILES string of the molecule is C=Cc1ccc(CNC(=O)C(C)(C)C)c(Cl)c1SC#N. The molecular weight excluding hydrogens is 292 g/mol. The van der Waals surface area contributed by atoms with Gasteiger partial charge in [-0.25, -0.2) is 0 Å². The minimum absolute atomic E-state index is 0.0455. The monoisotopic (exact) mass is 308 g/mol. The van der Waals surface area contributed by atoms with E-state index in [9.17, 15) is 4.79 Å². The standard InChI is InChI=1S/C15H17ClN2OS/c1-5-10-6-7-11(12(16)13(10)20-9-17)8-18-14(19)15(2,3)4/h5-7H,1,8H2,2-4H3,(H,18,19). The lowest BCUT2D eigenvalue weighted by Crippen LogP contribution is -2.34. The van der Waals surface area contributed by atoms with Crippen LogP contribution in [0.25, 0.3) is 6.08 Å². The molecule has 0 saturated carbocycles. The highest BCUT2D eigenvalue weighted by molar-refractivity contribution is 8.03. The van der Waals surface area contributed by atoms with Gasteiger partial charge in [-0.15, -0.1) is 0 Å². The number of hydrogen-bond donors (Lipinski definition) is 1. The van der Waals surface area contributed by atoms with Crippen LogP contribution >= 0.6 is 23.4 Å². The number of carbonyl (C=O) groups is 1. The van der Waals surface area contributed by atoms with E-state index in [2.05, 4.69) is 11.9 Å². The van der Waals surface area contributed by atoms with E-state index in [-0.39, 0.29) is 5.91 Å². The summed E-state index contributed by atoms with van der Waals surface area (Å²) in [6, 6.07) is 3.68. The average Bonchev–Trinajstić information content (AvgIpc) is 2.38. The zero-order chi connectivity index (χ0) is 15.3. The van der Waals surface area contributed by atoms with Crippen LogP contribution in [0.4, 0.5) is 0 Å². The van der Waals surface area contributed by atoms with Crippen molar-refractivity contribution in [3.8, 4) is 5.40 Å². The molecule has 1 aromatic rings. The molecule has 3 nitrogen and oxygen atoms in total. The Bertz CT molecular complexity index is 570. The summed E-state index contributed by atoms with van der Waals surface area (Å²) in [4.78, 5) is 12.5. The number of carbonyl (C=O) groups excluding carboxylic acids is 1. The molecule has 1 amide bonds. The summed E-state index contributed by atoms with van der Waals surface area (Å²) in [7, 11) is 0. The maximum absolute atomic E-state index is 11.9. The molecule has 0 spiro atoms. The van der Waals surface area contributed by atoms with Gasteiger partial charge >= 0.3 is 0 Å². The summed E-state index contributed by atoms with van der Waals surface area (Å²) in [5, 5.41) is 14.2. The highest BCUT2D eigenvalue weighted by Gasteiger charge is 2.21. The minimum Gasteiger partial charge on any atom is -0.352 e. The fourth-order valence-corrected chi connectivity index (χ4v) is 2.43. The second-order valence-electron chi connectivity index (χ2n) is 5.29. The number of rotatable bonds is 4. The van der Waals surface area contributed by atoms with Crippen molar-refractivity contribution < 1.29 is 4.79 Å². The summed E-state index contributed by atoms with van der Waals surface area (Å²) < 4.78 is 0. The van der Waals surface area contributed by atoms with Crippen molar-refractivity contribution in [3.63, 3.8) is 0 Å². The fourth-order valence-electron chi connectivity index (χ4n) is 1.50. The van der Waals surface area contributed by atoms with Crippen LogP contribution in [0, 0.1) is 16.1 Å². The molecule has 0 aliphatic rings. The first-order chi connectivity index (χ1) is 9.31. The lowest BCUT2D eigenvalue weighted by Gasteiger charge is -2.18. The van der Waals surface area contributed by atoms with Gasteiger partial charge in [0.2, 0.25) is 5.91 Å². The van der Waals surface area contributed by atoms with Gasteiger partial charge < -0.3 is 5.32 Å². The van der Waals surface area contributed by atoms with Crippen LogP contribution in [0.2, 0.25) is 5.02 Å². The van der Waals surface area contributed by atoms with E-state index in [1.165, 1.54) is 0 Å². The molecule has 0 radical (unpaired) electrons. The van der Waals surface area contributed by atoms with Crippen molar-refractivity contribution in [2.45, 2.75) is 32.2 Å². The van der Waals surface area contributed by atoms with Crippen molar-refractivity contribution in [3.05, 3.63) is 34.9 Å². The zero-order valence-electron chi connectivity index (χ0n) is 11.8. The fraction of sp³-hybridized carbons (Fsp3) is 0.333. The highest BCUT2D eigenvalue weighted by Crippen LogP contribution is 2.33. The lowest BCUT2D eigenvalue weighted by atomic mass is 9.95. The van der Waals surface area contributed by atoms with Gasteiger partial charge in [-0.05, 0) is 22.9 Å². The van der Waals surface area contributed by atoms with Gasteiger partial charge in [-0.3, -0.25) is 4.79 Å². The third-order valence-corrected chi connectivity index (χ3v) is 3.97. The number of benzene rings is 1. The van der Waals surface area contributed by atoms with Crippen molar-refractivity contribution in [2.75, 3.05) is 0 Å². The van der Waals surface area contributed by atoms with E-state index < -0.39 is 5.41 Å². The Labute approximate surface area is 129 Å². The third-order valence-electron chi connectivity index (χ3n) is 2.70. The van der Waals surface area contributed by atoms with Crippen LogP contribution in [-0.2, 0) is 11.3 Å². The maximum Gasteiger partial charge on any atom is 0.225 e. The van der Waals surface area contributed by atoms with Gasteiger partial charge in [0.25, 0.3) is 0 Å². The number of nitriles is 1. The van der Waals surface area contributed by atoms with Crippen LogP contribution in [0.15, 0.2) is 23.6 Å². The van der Waals surface area contributed by atoms with Crippen LogP contribution in [0.3, 0.4) is 0 Å². The molecule has 1 N–H and O–H groups in total. The first-order valence-corrected chi connectivity index (χ1v) is 7.28. The molecule has 0 bridgehead atoms. The summed E-state index contributed by atoms with van der Waals surface area (Å²) in [6.45, 7) is 9.59. The normalized spacial score (nSPS) is 10.8. The van der Waals surface area contributed by atoms with E-state index in [0.29, 0.717) is 16.5 Å². The molecule has 0 fully saturated rings. The predicted octanol–water partition coefficient (Wildman–Crippen LogP) is 4.22. The molecule has 0 heterocycles. The number of hydrogen-bond acceptors (Lipinski definition) is 3. The van der Waals surface area contributed by atoms with E-state index >= 15 is 0 Å². The first-order valence-electron chi connectivity index (χ1n) is 6.09. The molecular formula is C15H17ClN2OS. The molecule has 0 atom stereocenters. The van der Waals surface area contributed by atoms with Crippen molar-refractivity contribution in [2.24, 2.45) is 5.41 Å². The molecule has 0 unspecified atom stereocenters. The summed E-state index contributed by atoms with van der Waals surface area (Å²) in [5.41, 5.74) is 1.15. The van der Waals surface area contributed by atoms with E-state index in [1.807, 2.05) is 38.3 Å². The van der Waals surface area contributed by atoms with Crippen molar-refractivity contribution in [1.29, 1.82) is 5.26 Å². The molecule has 5 heteroatoms. The van der Waals surface area contributed by atoms with Crippen molar-refractivity contribution >= 4 is 35.3 Å². The van der Waals surface area contributed by atoms with E-state index in [1.54, 1.807) is 6.08 Å². The summed E-state index contributed by atoms with van der Waals surface area (Å²) in [5.74, 6) is -0.0455. The second kappa shape index (κ2) is 6.83. The molecule has 1 aromatic carbocycles. The Kier molecular flexibility index (Phi) is 5.67. The van der Waals surface area contributed by atoms with Gasteiger partial charge in [0.15, 0.2) is 0 Å². The molecule has 0 saturated heterocycles. The Morgan fingerprint density at radius 2 is 2.20 bits per heavy atom. The quantitative estimate of drug-likeness (QED) is 0.669. The number of nitrogens with zero attached hydrogens (tertiary/aromatic N) is 1. The molecule has 1 rings (SSSR count). The van der Waals surface area contributed by atoms with Gasteiger partial charge in [0.1, 0.15) is 5.40 Å². The Balaban J connectivity index is 2.98. The Hall–Kier alpha value is -1.44. The topological polar surface area (TPSA) is 52.9 Å². The van der Waals surface area contributed by atoms with Gasteiger partial charge in [-0.1, -0.05) is 57.2 Å². The van der Waals surface area contributed by atoms with Crippen molar-refractivity contribution in [1.82, 2.24) is 5.32 Å². The molecule has 106 valence electrons. The lowest BCUT2D eigenvalue weighted by molar-refractivity contribution is -0.128. The zero-order valence-corrected chi connectivity index (χ0v) is 13.4. The van der Waals surface area contributed by atoms with Crippen LogP contribution < -0.4 is 5.32 Å².